The van der Waals surface area contributed by atoms with Gasteiger partial charge in [0, 0.05) is 56.8 Å². The van der Waals surface area contributed by atoms with Gasteiger partial charge in [-0.1, -0.05) is 102 Å². The van der Waals surface area contributed by atoms with Crippen LogP contribution in [0.1, 0.15) is 44.9 Å². The minimum atomic E-state index is -0.189. The van der Waals surface area contributed by atoms with Crippen LogP contribution in [-0.4, -0.2) is 31.6 Å². The topological polar surface area (TPSA) is 48.0 Å². The maximum absolute atomic E-state index is 5.48. The summed E-state index contributed by atoms with van der Waals surface area (Å²) in [5.41, 5.74) is 17.3. The van der Waals surface area contributed by atoms with E-state index in [4.69, 9.17) is 15.0 Å². The molecule has 0 atom stereocenters. The zero-order valence-corrected chi connectivity index (χ0v) is 29.2. The number of hydrogen-bond donors (Lipinski definition) is 0. The van der Waals surface area contributed by atoms with Crippen LogP contribution in [0.15, 0.2) is 157 Å². The van der Waals surface area contributed by atoms with E-state index < -0.39 is 0 Å². The van der Waals surface area contributed by atoms with Gasteiger partial charge in [0.1, 0.15) is 0 Å². The normalized spacial score (nSPS) is 14.3. The first kappa shape index (κ1) is 30.3. The smallest absolute Gasteiger partial charge is 0.360 e. The quantitative estimate of drug-likeness (QED) is 0.184. The monoisotopic (exact) mass is 667 g/mol. The second-order valence-electron chi connectivity index (χ2n) is 14.0. The SMILES string of the molecule is Cc1ccc(B2n3c4cc(-c5ccccn5)c3C=C3N=C(C=C3c3ccccn3)C(c3ccc(C)cc3)=c3ccc(n32)=C4c2ccc(C)cc2)cc1. The largest absolute Gasteiger partial charge is 0.420 e. The van der Waals surface area contributed by atoms with Gasteiger partial charge in [0.25, 0.3) is 0 Å². The van der Waals surface area contributed by atoms with E-state index in [-0.39, 0.29) is 6.98 Å². The molecule has 0 saturated carbocycles. The molecule has 0 N–H and O–H groups in total. The van der Waals surface area contributed by atoms with E-state index in [1.807, 2.05) is 30.6 Å². The molecule has 7 aromatic rings. The summed E-state index contributed by atoms with van der Waals surface area (Å²) in [6.45, 7) is 6.25. The molecule has 4 bridgehead atoms. The van der Waals surface area contributed by atoms with Gasteiger partial charge in [0.2, 0.25) is 0 Å². The van der Waals surface area contributed by atoms with Gasteiger partial charge in [-0.3, -0.25) is 9.97 Å². The minimum absolute atomic E-state index is 0.189. The van der Waals surface area contributed by atoms with Gasteiger partial charge in [0.05, 0.1) is 22.8 Å². The summed E-state index contributed by atoms with van der Waals surface area (Å²) in [7, 11) is 0. The first-order valence-electron chi connectivity index (χ1n) is 17.8. The second kappa shape index (κ2) is 11.8. The molecule has 10 rings (SSSR count). The fourth-order valence-corrected chi connectivity index (χ4v) is 7.96. The summed E-state index contributed by atoms with van der Waals surface area (Å²) < 4.78 is 5.07. The molecule has 5 nitrogen and oxygen atoms in total. The molecule has 3 aliphatic rings. The van der Waals surface area contributed by atoms with Gasteiger partial charge in [-0.15, -0.1) is 0 Å². The Bertz CT molecular complexity index is 2770. The van der Waals surface area contributed by atoms with Crippen LogP contribution >= 0.6 is 0 Å². The number of allylic oxidation sites excluding steroid dienone is 2. The van der Waals surface area contributed by atoms with Crippen molar-refractivity contribution in [2.24, 2.45) is 4.99 Å². The van der Waals surface area contributed by atoms with Crippen molar-refractivity contribution < 1.29 is 0 Å². The summed E-state index contributed by atoms with van der Waals surface area (Å²) >= 11 is 0. The zero-order valence-electron chi connectivity index (χ0n) is 29.2. The Balaban J connectivity index is 1.43. The Morgan fingerprint density at radius 3 is 1.73 bits per heavy atom. The number of benzene rings is 3. The van der Waals surface area contributed by atoms with Gasteiger partial charge in [0.15, 0.2) is 0 Å². The molecule has 52 heavy (non-hydrogen) atoms. The fraction of sp³-hybridized carbons (Fsp3) is 0.0652. The number of aliphatic imine (C=N–C) groups is 1. The van der Waals surface area contributed by atoms with E-state index >= 15 is 0 Å². The van der Waals surface area contributed by atoms with Gasteiger partial charge < -0.3 is 8.96 Å². The lowest BCUT2D eigenvalue weighted by Gasteiger charge is -2.30. The standard InChI is InChI=1S/C46H34BN5/c1-29-10-16-32(17-11-29)45-40-26-35(37-8-4-6-24-48-37)39(50-40)28-43-36(38-9-5-7-25-49-38)27-44-46(33-18-12-30(2)13-19-33)42-23-22-41(45)51(42)47(52(43)44)34-20-14-31(3)15-21-34/h4-28H,1-3H3. The summed E-state index contributed by atoms with van der Waals surface area (Å²) in [6.07, 6.45) is 8.23. The highest BCUT2D eigenvalue weighted by molar-refractivity contribution is 6.71. The van der Waals surface area contributed by atoms with E-state index in [0.29, 0.717) is 0 Å². The Labute approximate surface area is 303 Å². The number of hydrogen-bond acceptors (Lipinski definition) is 3. The maximum atomic E-state index is 5.48. The molecule has 0 spiro atoms. The van der Waals surface area contributed by atoms with Crippen molar-refractivity contribution in [3.8, 4) is 11.3 Å². The molecule has 0 unspecified atom stereocenters. The molecule has 0 aliphatic carbocycles. The summed E-state index contributed by atoms with van der Waals surface area (Å²) in [6, 6.07) is 46.0. The molecule has 0 fully saturated rings. The van der Waals surface area contributed by atoms with E-state index in [0.717, 1.165) is 67.2 Å². The Kier molecular flexibility index (Phi) is 6.87. The Morgan fingerprint density at radius 2 is 1.12 bits per heavy atom. The molecule has 3 aliphatic heterocycles. The molecule has 4 aromatic heterocycles. The number of rotatable bonds is 5. The van der Waals surface area contributed by atoms with Crippen LogP contribution in [-0.2, 0) is 0 Å². The van der Waals surface area contributed by atoms with Crippen LogP contribution in [0.5, 0.6) is 0 Å². The van der Waals surface area contributed by atoms with Crippen molar-refractivity contribution in [2.45, 2.75) is 20.8 Å². The molecule has 0 saturated heterocycles. The van der Waals surface area contributed by atoms with Crippen molar-refractivity contribution in [1.82, 2.24) is 18.9 Å². The van der Waals surface area contributed by atoms with Crippen molar-refractivity contribution in [3.63, 3.8) is 0 Å². The van der Waals surface area contributed by atoms with Gasteiger partial charge >= 0.3 is 6.98 Å². The van der Waals surface area contributed by atoms with Crippen LogP contribution in [0.3, 0.4) is 0 Å². The average Bonchev–Trinajstić information content (AvgIpc) is 3.90. The van der Waals surface area contributed by atoms with Crippen molar-refractivity contribution in [2.75, 3.05) is 0 Å². The van der Waals surface area contributed by atoms with Crippen LogP contribution in [0, 0.1) is 20.8 Å². The highest BCUT2D eigenvalue weighted by Gasteiger charge is 2.38. The third-order valence-corrected chi connectivity index (χ3v) is 10.5. The third-order valence-electron chi connectivity index (χ3n) is 10.5. The highest BCUT2D eigenvalue weighted by Crippen LogP contribution is 2.39. The van der Waals surface area contributed by atoms with Gasteiger partial charge in [-0.05, 0) is 92.0 Å². The van der Waals surface area contributed by atoms with Crippen LogP contribution < -0.4 is 16.2 Å². The number of nitrogens with zero attached hydrogens (tertiary/aromatic N) is 5. The van der Waals surface area contributed by atoms with E-state index in [9.17, 15) is 0 Å². The number of aromatic nitrogens is 4. The highest BCUT2D eigenvalue weighted by atomic mass is 15.1. The summed E-state index contributed by atoms with van der Waals surface area (Å²) in [5, 5.41) is 2.27. The minimum Gasteiger partial charge on any atom is -0.360 e. The molecular formula is C46H34BN5. The van der Waals surface area contributed by atoms with Gasteiger partial charge in [-0.2, -0.15) is 0 Å². The van der Waals surface area contributed by atoms with Crippen LogP contribution in [0.2, 0.25) is 0 Å². The number of pyridine rings is 2. The van der Waals surface area contributed by atoms with Crippen LogP contribution in [0.25, 0.3) is 34.1 Å². The third kappa shape index (κ3) is 4.75. The van der Waals surface area contributed by atoms with E-state index in [1.165, 1.54) is 33.3 Å². The lowest BCUT2D eigenvalue weighted by molar-refractivity contribution is 0.972. The number of aryl methyl sites for hydroxylation is 3. The first-order valence-corrected chi connectivity index (χ1v) is 17.8. The lowest BCUT2D eigenvalue weighted by Crippen LogP contribution is -2.57. The lowest BCUT2D eigenvalue weighted by atomic mass is 9.64. The van der Waals surface area contributed by atoms with Gasteiger partial charge in [-0.25, -0.2) is 4.99 Å². The maximum Gasteiger partial charge on any atom is 0.420 e. The molecule has 246 valence electrons. The zero-order chi connectivity index (χ0) is 34.9. The molecule has 6 heteroatoms. The fourth-order valence-electron chi connectivity index (χ4n) is 7.96. The Hall–Kier alpha value is -6.53. The molecule has 0 radical (unpaired) electrons. The molecule has 7 heterocycles. The predicted molar refractivity (Wildman–Crippen MR) is 213 cm³/mol. The average molecular weight is 668 g/mol. The Morgan fingerprint density at radius 1 is 0.538 bits per heavy atom. The number of fused-ring (bicyclic) bond motifs is 1. The molecular weight excluding hydrogens is 633 g/mol. The summed E-state index contributed by atoms with van der Waals surface area (Å²) in [4.78, 5) is 15.2. The van der Waals surface area contributed by atoms with Crippen LogP contribution in [0.4, 0.5) is 0 Å². The molecule has 3 aromatic carbocycles. The first-order chi connectivity index (χ1) is 25.5. The summed E-state index contributed by atoms with van der Waals surface area (Å²) in [5.74, 6) is 0. The second-order valence-corrected chi connectivity index (χ2v) is 14.0. The van der Waals surface area contributed by atoms with Crippen molar-refractivity contribution in [3.05, 3.63) is 207 Å². The predicted octanol–water partition coefficient (Wildman–Crippen LogP) is 7.12. The molecule has 0 amide bonds. The van der Waals surface area contributed by atoms with Crippen molar-refractivity contribution >= 4 is 41.0 Å². The van der Waals surface area contributed by atoms with Crippen molar-refractivity contribution in [1.29, 1.82) is 0 Å². The van der Waals surface area contributed by atoms with E-state index in [2.05, 4.69) is 151 Å². The van der Waals surface area contributed by atoms with E-state index in [1.54, 1.807) is 0 Å².